The van der Waals surface area contributed by atoms with Crippen molar-refractivity contribution in [2.45, 2.75) is 34.1 Å². The topological polar surface area (TPSA) is 98.8 Å². The molecule has 164 valence electrons. The van der Waals surface area contributed by atoms with E-state index in [4.69, 9.17) is 9.47 Å². The second kappa shape index (κ2) is 10.5. The molecule has 1 amide bonds. The molecule has 0 fully saturated rings. The summed E-state index contributed by atoms with van der Waals surface area (Å²) < 4.78 is 10.3. The maximum atomic E-state index is 12.2. The Morgan fingerprint density at radius 3 is 1.90 bits per heavy atom. The van der Waals surface area contributed by atoms with Crippen LogP contribution in [0.4, 0.5) is 5.69 Å². The molecular formula is C24H27NO6. The van der Waals surface area contributed by atoms with Crippen LogP contribution in [0.15, 0.2) is 48.5 Å². The summed E-state index contributed by atoms with van der Waals surface area (Å²) in [6, 6.07) is 12.8. The maximum Gasteiger partial charge on any atom is 0.344 e. The number of hydrogen-bond donors (Lipinski definition) is 1. The number of ether oxygens (including phenoxy) is 2. The molecule has 0 aliphatic rings. The number of ketones is 2. The highest BCUT2D eigenvalue weighted by Crippen LogP contribution is 2.18. The summed E-state index contributed by atoms with van der Waals surface area (Å²) in [6.07, 6.45) is 0.412. The lowest BCUT2D eigenvalue weighted by atomic mass is 9.95. The average molecular weight is 425 g/mol. The summed E-state index contributed by atoms with van der Waals surface area (Å²) in [6.45, 7) is 6.43. The van der Waals surface area contributed by atoms with Crippen molar-refractivity contribution in [1.29, 1.82) is 0 Å². The van der Waals surface area contributed by atoms with Gasteiger partial charge in [-0.1, -0.05) is 27.7 Å². The first-order valence-electron chi connectivity index (χ1n) is 9.96. The van der Waals surface area contributed by atoms with Gasteiger partial charge in [0.1, 0.15) is 5.75 Å². The molecule has 0 aliphatic heterocycles. The summed E-state index contributed by atoms with van der Waals surface area (Å²) in [5.41, 5.74) is 0.985. The van der Waals surface area contributed by atoms with Gasteiger partial charge >= 0.3 is 5.97 Å². The van der Waals surface area contributed by atoms with E-state index in [1.165, 1.54) is 0 Å². The van der Waals surface area contributed by atoms with Crippen molar-refractivity contribution in [2.24, 2.45) is 5.41 Å². The summed E-state index contributed by atoms with van der Waals surface area (Å²) in [5.74, 6) is -0.745. The molecule has 0 radical (unpaired) electrons. The third kappa shape index (κ3) is 7.37. The number of nitrogens with one attached hydrogen (secondary N) is 1. The third-order valence-corrected chi connectivity index (χ3v) is 4.36. The first-order valence-corrected chi connectivity index (χ1v) is 9.96. The molecule has 0 unspecified atom stereocenters. The smallest absolute Gasteiger partial charge is 0.344 e. The first kappa shape index (κ1) is 23.8. The Kier molecular flexibility index (Phi) is 8.07. The number of benzene rings is 2. The fourth-order valence-corrected chi connectivity index (χ4v) is 2.41. The van der Waals surface area contributed by atoms with Gasteiger partial charge in [-0.2, -0.15) is 0 Å². The molecule has 0 saturated heterocycles. The Labute approximate surface area is 181 Å². The lowest BCUT2D eigenvalue weighted by Crippen LogP contribution is -2.27. The second-order valence-corrected chi connectivity index (χ2v) is 7.96. The predicted molar refractivity (Wildman–Crippen MR) is 116 cm³/mol. The quantitative estimate of drug-likeness (QED) is 0.480. The maximum absolute atomic E-state index is 12.2. The van der Waals surface area contributed by atoms with Gasteiger partial charge in [0, 0.05) is 28.7 Å². The van der Waals surface area contributed by atoms with E-state index in [1.54, 1.807) is 76.2 Å². The summed E-state index contributed by atoms with van der Waals surface area (Å²) in [5, 5.41) is 2.77. The third-order valence-electron chi connectivity index (χ3n) is 4.36. The molecule has 0 atom stereocenters. The van der Waals surface area contributed by atoms with E-state index in [9.17, 15) is 19.2 Å². The first-order chi connectivity index (χ1) is 14.6. The van der Waals surface area contributed by atoms with Gasteiger partial charge in [-0.05, 0) is 48.5 Å². The number of Topliss-reactive ketones (excluding diaryl/α,β-unsaturated/α-hetero) is 2. The molecule has 0 aromatic heterocycles. The van der Waals surface area contributed by atoms with Crippen LogP contribution >= 0.6 is 0 Å². The van der Waals surface area contributed by atoms with Crippen LogP contribution in [0.5, 0.6) is 5.75 Å². The van der Waals surface area contributed by atoms with Crippen molar-refractivity contribution in [3.05, 3.63) is 59.7 Å². The van der Waals surface area contributed by atoms with Crippen LogP contribution in [-0.2, 0) is 14.3 Å². The van der Waals surface area contributed by atoms with E-state index < -0.39 is 18.0 Å². The van der Waals surface area contributed by atoms with Gasteiger partial charge in [-0.3, -0.25) is 14.4 Å². The zero-order valence-corrected chi connectivity index (χ0v) is 18.2. The molecule has 2 aromatic rings. The van der Waals surface area contributed by atoms with E-state index in [0.717, 1.165) is 0 Å². The Hall–Kier alpha value is -3.48. The minimum atomic E-state index is -0.684. The molecule has 0 heterocycles. The normalized spacial score (nSPS) is 10.8. The molecule has 2 rings (SSSR count). The summed E-state index contributed by atoms with van der Waals surface area (Å²) in [4.78, 5) is 47.6. The van der Waals surface area contributed by atoms with E-state index >= 15 is 0 Å². The molecular weight excluding hydrogens is 398 g/mol. The standard InChI is InChI=1S/C24H27NO6/c1-5-20(26)16-8-12-19(13-9-16)30-15-22(28)31-14-21(27)17-6-10-18(11-7-17)25-23(29)24(2,3)4/h6-13H,5,14-15H2,1-4H3,(H,25,29). The number of esters is 1. The number of amides is 1. The van der Waals surface area contributed by atoms with E-state index in [-0.39, 0.29) is 24.1 Å². The van der Waals surface area contributed by atoms with Gasteiger partial charge in [0.05, 0.1) is 0 Å². The lowest BCUT2D eigenvalue weighted by molar-refractivity contribution is -0.144. The van der Waals surface area contributed by atoms with Gasteiger partial charge in [-0.25, -0.2) is 4.79 Å². The highest BCUT2D eigenvalue weighted by Gasteiger charge is 2.21. The van der Waals surface area contributed by atoms with Crippen molar-refractivity contribution < 1.29 is 28.7 Å². The lowest BCUT2D eigenvalue weighted by Gasteiger charge is -2.17. The van der Waals surface area contributed by atoms with Crippen LogP contribution in [0.2, 0.25) is 0 Å². The van der Waals surface area contributed by atoms with Crippen LogP contribution in [-0.4, -0.2) is 36.7 Å². The minimum Gasteiger partial charge on any atom is -0.482 e. The van der Waals surface area contributed by atoms with Gasteiger partial charge < -0.3 is 14.8 Å². The van der Waals surface area contributed by atoms with E-state index in [1.807, 2.05) is 0 Å². The monoisotopic (exact) mass is 425 g/mol. The Bertz CT molecular complexity index is 940. The number of anilines is 1. The van der Waals surface area contributed by atoms with Crippen molar-refractivity contribution >= 4 is 29.1 Å². The number of hydrogen-bond acceptors (Lipinski definition) is 6. The minimum absolute atomic E-state index is 0.0223. The van der Waals surface area contributed by atoms with Gasteiger partial charge in [-0.15, -0.1) is 0 Å². The fourth-order valence-electron chi connectivity index (χ4n) is 2.41. The highest BCUT2D eigenvalue weighted by molar-refractivity contribution is 5.99. The Balaban J connectivity index is 1.79. The molecule has 0 spiro atoms. The molecule has 31 heavy (non-hydrogen) atoms. The SMILES string of the molecule is CCC(=O)c1ccc(OCC(=O)OCC(=O)c2ccc(NC(=O)C(C)(C)C)cc2)cc1. The molecule has 1 N–H and O–H groups in total. The second-order valence-electron chi connectivity index (χ2n) is 7.96. The van der Waals surface area contributed by atoms with E-state index in [2.05, 4.69) is 5.32 Å². The molecule has 2 aromatic carbocycles. The van der Waals surface area contributed by atoms with Gasteiger partial charge in [0.15, 0.2) is 24.8 Å². The van der Waals surface area contributed by atoms with Crippen LogP contribution in [0.25, 0.3) is 0 Å². The van der Waals surface area contributed by atoms with Crippen molar-refractivity contribution in [2.75, 3.05) is 18.5 Å². The van der Waals surface area contributed by atoms with Crippen LogP contribution in [0, 0.1) is 5.41 Å². The molecule has 0 bridgehead atoms. The van der Waals surface area contributed by atoms with Crippen LogP contribution in [0.1, 0.15) is 54.8 Å². The average Bonchev–Trinajstić information content (AvgIpc) is 2.75. The predicted octanol–water partition coefficient (Wildman–Crippen LogP) is 4.07. The van der Waals surface area contributed by atoms with Gasteiger partial charge in [0.25, 0.3) is 0 Å². The highest BCUT2D eigenvalue weighted by atomic mass is 16.6. The van der Waals surface area contributed by atoms with Crippen molar-refractivity contribution in [1.82, 2.24) is 0 Å². The van der Waals surface area contributed by atoms with Crippen molar-refractivity contribution in [3.8, 4) is 5.75 Å². The fraction of sp³-hybridized carbons (Fsp3) is 0.333. The van der Waals surface area contributed by atoms with Crippen LogP contribution in [0.3, 0.4) is 0 Å². The summed E-state index contributed by atoms with van der Waals surface area (Å²) in [7, 11) is 0. The Morgan fingerprint density at radius 1 is 0.806 bits per heavy atom. The number of carbonyl (C=O) groups is 4. The molecule has 7 nitrogen and oxygen atoms in total. The molecule has 7 heteroatoms. The summed E-state index contributed by atoms with van der Waals surface area (Å²) >= 11 is 0. The molecule has 0 saturated carbocycles. The largest absolute Gasteiger partial charge is 0.482 e. The zero-order valence-electron chi connectivity index (χ0n) is 18.2. The number of carbonyl (C=O) groups excluding carboxylic acids is 4. The number of rotatable bonds is 9. The Morgan fingerprint density at radius 2 is 1.35 bits per heavy atom. The van der Waals surface area contributed by atoms with Gasteiger partial charge in [0.2, 0.25) is 5.91 Å². The van der Waals surface area contributed by atoms with E-state index in [0.29, 0.717) is 29.0 Å². The van der Waals surface area contributed by atoms with Crippen molar-refractivity contribution in [3.63, 3.8) is 0 Å². The molecule has 0 aliphatic carbocycles. The zero-order chi connectivity index (χ0) is 23.0. The van der Waals surface area contributed by atoms with Crippen LogP contribution < -0.4 is 10.1 Å².